The second-order valence-corrected chi connectivity index (χ2v) is 7.72. The van der Waals surface area contributed by atoms with E-state index < -0.39 is 6.04 Å². The van der Waals surface area contributed by atoms with Gasteiger partial charge in [0, 0.05) is 5.69 Å². The zero-order chi connectivity index (χ0) is 20.3. The molecule has 6 nitrogen and oxygen atoms in total. The molecule has 2 amide bonds. The Balaban J connectivity index is 1.73. The summed E-state index contributed by atoms with van der Waals surface area (Å²) in [4.78, 5) is 27.1. The van der Waals surface area contributed by atoms with Crippen molar-refractivity contribution in [1.29, 1.82) is 0 Å². The summed E-state index contributed by atoms with van der Waals surface area (Å²) in [5, 5.41) is 12.3. The van der Waals surface area contributed by atoms with Crippen LogP contribution in [0.2, 0.25) is 0 Å². The number of nitrogens with one attached hydrogen (secondary N) is 1. The van der Waals surface area contributed by atoms with Crippen LogP contribution in [-0.2, 0) is 9.59 Å². The van der Waals surface area contributed by atoms with E-state index in [9.17, 15) is 14.7 Å². The summed E-state index contributed by atoms with van der Waals surface area (Å²) < 4.78 is 5.41. The average molecular weight is 415 g/mol. The maximum Gasteiger partial charge on any atom is 0.266 e. The molecule has 1 aliphatic heterocycles. The molecular weight excluding hydrogens is 396 g/mol. The number of amides is 2. The first-order valence-corrected chi connectivity index (χ1v) is 9.62. The summed E-state index contributed by atoms with van der Waals surface area (Å²) in [6.45, 7) is 1.63. The summed E-state index contributed by atoms with van der Waals surface area (Å²) in [6, 6.07) is 12.7. The Bertz CT molecular complexity index is 957. The van der Waals surface area contributed by atoms with Crippen molar-refractivity contribution >= 4 is 51.9 Å². The van der Waals surface area contributed by atoms with Crippen LogP contribution in [0, 0.1) is 0 Å². The van der Waals surface area contributed by atoms with Gasteiger partial charge in [-0.3, -0.25) is 14.5 Å². The predicted molar refractivity (Wildman–Crippen MR) is 114 cm³/mol. The molecule has 1 atom stereocenters. The fraction of sp³-hybridized carbons (Fsp3) is 0.150. The van der Waals surface area contributed by atoms with Crippen LogP contribution in [0.3, 0.4) is 0 Å². The van der Waals surface area contributed by atoms with E-state index in [2.05, 4.69) is 5.32 Å². The van der Waals surface area contributed by atoms with Crippen LogP contribution < -0.4 is 10.1 Å². The summed E-state index contributed by atoms with van der Waals surface area (Å²) in [6.07, 6.45) is 1.65. The fourth-order valence-electron chi connectivity index (χ4n) is 2.62. The van der Waals surface area contributed by atoms with Crippen molar-refractivity contribution in [2.24, 2.45) is 0 Å². The summed E-state index contributed by atoms with van der Waals surface area (Å²) in [5.41, 5.74) is 1.27. The molecule has 144 valence electrons. The molecule has 0 spiro atoms. The van der Waals surface area contributed by atoms with E-state index in [0.717, 1.165) is 11.8 Å². The molecule has 2 N–H and O–H groups in total. The molecule has 0 bridgehead atoms. The number of benzene rings is 2. The van der Waals surface area contributed by atoms with Gasteiger partial charge in [0.05, 0.1) is 12.0 Å². The van der Waals surface area contributed by atoms with Crippen LogP contribution in [0.5, 0.6) is 11.5 Å². The van der Waals surface area contributed by atoms with Crippen molar-refractivity contribution < 1.29 is 19.4 Å². The molecule has 0 aliphatic carbocycles. The number of thiocarbonyl (C=S) groups is 1. The lowest BCUT2D eigenvalue weighted by Crippen LogP contribution is -2.44. The van der Waals surface area contributed by atoms with Gasteiger partial charge in [-0.05, 0) is 55.0 Å². The molecule has 3 rings (SSSR count). The van der Waals surface area contributed by atoms with Gasteiger partial charge in [-0.1, -0.05) is 36.1 Å². The number of carbonyl (C=O) groups excluding carboxylic acids is 2. The standard InChI is InChI=1S/C20H18N2O4S2/c1-12(18(24)21-14-6-8-16(26-2)9-7-14)22-19(25)17(28-20(22)27)11-13-4-3-5-15(23)10-13/h3-12,23H,1-2H3,(H,21,24)/b17-11-. The molecule has 1 unspecified atom stereocenters. The highest BCUT2D eigenvalue weighted by atomic mass is 32.2. The van der Waals surface area contributed by atoms with E-state index in [4.69, 9.17) is 17.0 Å². The number of methoxy groups -OCH3 is 1. The number of rotatable bonds is 5. The van der Waals surface area contributed by atoms with Crippen LogP contribution in [0.1, 0.15) is 12.5 Å². The molecule has 0 radical (unpaired) electrons. The van der Waals surface area contributed by atoms with Crippen LogP contribution in [0.4, 0.5) is 5.69 Å². The third-order valence-corrected chi connectivity index (χ3v) is 5.45. The lowest BCUT2D eigenvalue weighted by atomic mass is 10.2. The monoisotopic (exact) mass is 414 g/mol. The topological polar surface area (TPSA) is 78.9 Å². The molecule has 1 aliphatic rings. The van der Waals surface area contributed by atoms with Gasteiger partial charge in [-0.2, -0.15) is 0 Å². The minimum absolute atomic E-state index is 0.108. The number of carbonyl (C=O) groups is 2. The van der Waals surface area contributed by atoms with E-state index in [1.165, 1.54) is 4.90 Å². The van der Waals surface area contributed by atoms with Crippen LogP contribution in [0.25, 0.3) is 6.08 Å². The highest BCUT2D eigenvalue weighted by molar-refractivity contribution is 8.26. The Labute approximate surface area is 172 Å². The van der Waals surface area contributed by atoms with Gasteiger partial charge in [0.1, 0.15) is 21.9 Å². The highest BCUT2D eigenvalue weighted by Gasteiger charge is 2.38. The second kappa shape index (κ2) is 8.45. The molecule has 2 aromatic rings. The quantitative estimate of drug-likeness (QED) is 0.575. The minimum atomic E-state index is -0.773. The van der Waals surface area contributed by atoms with Crippen molar-refractivity contribution in [1.82, 2.24) is 4.90 Å². The maximum atomic E-state index is 12.8. The lowest BCUT2D eigenvalue weighted by molar-refractivity contribution is -0.129. The summed E-state index contributed by atoms with van der Waals surface area (Å²) in [7, 11) is 1.56. The highest BCUT2D eigenvalue weighted by Crippen LogP contribution is 2.34. The first-order chi connectivity index (χ1) is 13.4. The number of aromatic hydroxyl groups is 1. The summed E-state index contributed by atoms with van der Waals surface area (Å²) in [5.74, 6) is 0.104. The second-order valence-electron chi connectivity index (χ2n) is 6.04. The smallest absolute Gasteiger partial charge is 0.266 e. The molecule has 1 saturated heterocycles. The Kier molecular flexibility index (Phi) is 6.01. The molecule has 28 heavy (non-hydrogen) atoms. The van der Waals surface area contributed by atoms with Crippen LogP contribution in [0.15, 0.2) is 53.4 Å². The SMILES string of the molecule is COc1ccc(NC(=O)C(C)N2C(=O)/C(=C/c3cccc(O)c3)SC2=S)cc1. The fourth-order valence-corrected chi connectivity index (χ4v) is 4.04. The molecule has 8 heteroatoms. The third kappa shape index (κ3) is 4.35. The van der Waals surface area contributed by atoms with Gasteiger partial charge in [0.2, 0.25) is 5.91 Å². The predicted octanol–water partition coefficient (Wildman–Crippen LogP) is 3.63. The van der Waals surface area contributed by atoms with Gasteiger partial charge >= 0.3 is 0 Å². The number of nitrogens with zero attached hydrogens (tertiary/aromatic N) is 1. The van der Waals surface area contributed by atoms with Crippen molar-refractivity contribution in [3.63, 3.8) is 0 Å². The number of phenols is 1. The van der Waals surface area contributed by atoms with Crippen LogP contribution >= 0.6 is 24.0 Å². The largest absolute Gasteiger partial charge is 0.508 e. The number of ether oxygens (including phenoxy) is 1. The van der Waals surface area contributed by atoms with Gasteiger partial charge in [0.25, 0.3) is 5.91 Å². The number of thioether (sulfide) groups is 1. The Morgan fingerprint density at radius 2 is 2.00 bits per heavy atom. The molecular formula is C20H18N2O4S2. The van der Waals surface area contributed by atoms with Gasteiger partial charge in [-0.15, -0.1) is 0 Å². The van der Waals surface area contributed by atoms with Crippen LogP contribution in [-0.4, -0.2) is 39.3 Å². The molecule has 0 saturated carbocycles. The lowest BCUT2D eigenvalue weighted by Gasteiger charge is -2.22. The van der Waals surface area contributed by atoms with E-state index in [0.29, 0.717) is 26.2 Å². The Morgan fingerprint density at radius 1 is 1.29 bits per heavy atom. The Hall–Kier alpha value is -2.84. The van der Waals surface area contributed by atoms with Crippen molar-refractivity contribution in [2.45, 2.75) is 13.0 Å². The van der Waals surface area contributed by atoms with Crippen molar-refractivity contribution in [3.05, 3.63) is 59.0 Å². The number of phenolic OH excluding ortho intramolecular Hbond substituents is 1. The van der Waals surface area contributed by atoms with E-state index in [1.807, 2.05) is 0 Å². The zero-order valence-corrected chi connectivity index (χ0v) is 16.8. The number of hydrogen-bond donors (Lipinski definition) is 2. The van der Waals surface area contributed by atoms with E-state index >= 15 is 0 Å². The normalized spacial score (nSPS) is 16.4. The zero-order valence-electron chi connectivity index (χ0n) is 15.2. The molecule has 1 fully saturated rings. The average Bonchev–Trinajstić information content (AvgIpc) is 2.95. The van der Waals surface area contributed by atoms with Crippen molar-refractivity contribution in [3.8, 4) is 11.5 Å². The minimum Gasteiger partial charge on any atom is -0.508 e. The van der Waals surface area contributed by atoms with Crippen molar-refractivity contribution in [2.75, 3.05) is 12.4 Å². The molecule has 1 heterocycles. The maximum absolute atomic E-state index is 12.8. The molecule has 0 aromatic heterocycles. The number of anilines is 1. The van der Waals surface area contributed by atoms with Gasteiger partial charge in [0.15, 0.2) is 0 Å². The van der Waals surface area contributed by atoms with E-state index in [1.54, 1.807) is 68.6 Å². The Morgan fingerprint density at radius 3 is 2.64 bits per heavy atom. The first kappa shape index (κ1) is 19.9. The first-order valence-electron chi connectivity index (χ1n) is 8.40. The third-order valence-electron chi connectivity index (χ3n) is 4.12. The van der Waals surface area contributed by atoms with Gasteiger partial charge < -0.3 is 15.2 Å². The van der Waals surface area contributed by atoms with E-state index in [-0.39, 0.29) is 17.6 Å². The summed E-state index contributed by atoms with van der Waals surface area (Å²) >= 11 is 6.44. The number of hydrogen-bond acceptors (Lipinski definition) is 6. The van der Waals surface area contributed by atoms with Gasteiger partial charge in [-0.25, -0.2) is 0 Å². The molecule has 2 aromatic carbocycles.